The van der Waals surface area contributed by atoms with Gasteiger partial charge in [0.25, 0.3) is 0 Å². The van der Waals surface area contributed by atoms with Gasteiger partial charge in [0.15, 0.2) is 0 Å². The van der Waals surface area contributed by atoms with Crippen LogP contribution in [-0.2, 0) is 15.7 Å². The normalized spacial score (nSPS) is 17.9. The molecule has 1 aromatic carbocycles. The van der Waals surface area contributed by atoms with Gasteiger partial charge in [-0.15, -0.1) is 0 Å². The molecule has 1 amide bonds. The van der Waals surface area contributed by atoms with Gasteiger partial charge >= 0.3 is 6.18 Å². The van der Waals surface area contributed by atoms with Crippen molar-refractivity contribution in [1.29, 1.82) is 0 Å². The predicted octanol–water partition coefficient (Wildman–Crippen LogP) is 3.17. The first-order chi connectivity index (χ1) is 11.3. The third-order valence-corrected chi connectivity index (χ3v) is 3.80. The summed E-state index contributed by atoms with van der Waals surface area (Å²) in [5.41, 5.74) is 0.0518. The summed E-state index contributed by atoms with van der Waals surface area (Å²) in [6.45, 7) is 2.59. The third kappa shape index (κ3) is 3.43. The summed E-state index contributed by atoms with van der Waals surface area (Å²) in [7, 11) is 0. The van der Waals surface area contributed by atoms with Crippen LogP contribution >= 0.6 is 0 Å². The van der Waals surface area contributed by atoms with Crippen LogP contribution in [0.4, 0.5) is 19.0 Å². The Balaban J connectivity index is 1.90. The molecule has 0 saturated carbocycles. The highest BCUT2D eigenvalue weighted by Gasteiger charge is 2.31. The standard InChI is InChI=1S/C16H16F3N3O2/c1-10-7-14(20-15(23)11-5-6-24-9-11)22(21-10)13-4-2-3-12(8-13)16(17,18)19/h2-4,7-8,11H,5-6,9H2,1H3,(H,20,23). The maximum absolute atomic E-state index is 12.9. The number of nitrogens with one attached hydrogen (secondary N) is 1. The van der Waals surface area contributed by atoms with E-state index in [1.807, 2.05) is 0 Å². The second-order valence-corrected chi connectivity index (χ2v) is 5.68. The average Bonchev–Trinajstić information content (AvgIpc) is 3.16. The van der Waals surface area contributed by atoms with Crippen molar-refractivity contribution < 1.29 is 22.7 Å². The number of anilines is 1. The van der Waals surface area contributed by atoms with Crippen LogP contribution in [0.15, 0.2) is 30.3 Å². The Morgan fingerprint density at radius 1 is 1.38 bits per heavy atom. The zero-order valence-electron chi connectivity index (χ0n) is 12.9. The first kappa shape index (κ1) is 16.5. The van der Waals surface area contributed by atoms with Crippen LogP contribution in [0.1, 0.15) is 17.7 Å². The molecule has 2 heterocycles. The number of hydrogen-bond acceptors (Lipinski definition) is 3. The van der Waals surface area contributed by atoms with Crippen LogP contribution < -0.4 is 5.32 Å². The number of amides is 1. The van der Waals surface area contributed by atoms with Gasteiger partial charge in [-0.2, -0.15) is 18.3 Å². The van der Waals surface area contributed by atoms with E-state index in [4.69, 9.17) is 4.74 Å². The average molecular weight is 339 g/mol. The molecule has 1 atom stereocenters. The zero-order chi connectivity index (χ0) is 17.3. The molecular weight excluding hydrogens is 323 g/mol. The zero-order valence-corrected chi connectivity index (χ0v) is 12.9. The summed E-state index contributed by atoms with van der Waals surface area (Å²) in [6.07, 6.45) is -3.81. The highest BCUT2D eigenvalue weighted by Crippen LogP contribution is 2.31. The molecule has 0 bridgehead atoms. The van der Waals surface area contributed by atoms with E-state index in [0.29, 0.717) is 31.1 Å². The number of hydrogen-bond donors (Lipinski definition) is 1. The number of nitrogens with zero attached hydrogens (tertiary/aromatic N) is 2. The van der Waals surface area contributed by atoms with Crippen LogP contribution in [-0.4, -0.2) is 28.9 Å². The molecule has 8 heteroatoms. The van der Waals surface area contributed by atoms with E-state index in [2.05, 4.69) is 10.4 Å². The lowest BCUT2D eigenvalue weighted by Crippen LogP contribution is -2.24. The van der Waals surface area contributed by atoms with E-state index in [9.17, 15) is 18.0 Å². The lowest BCUT2D eigenvalue weighted by Gasteiger charge is -2.13. The molecule has 1 aliphatic rings. The number of aromatic nitrogens is 2. The smallest absolute Gasteiger partial charge is 0.381 e. The number of halogens is 3. The summed E-state index contributed by atoms with van der Waals surface area (Å²) >= 11 is 0. The Labute approximate surface area is 136 Å². The first-order valence-corrected chi connectivity index (χ1v) is 7.47. The van der Waals surface area contributed by atoms with Gasteiger partial charge in [-0.1, -0.05) is 6.07 Å². The highest BCUT2D eigenvalue weighted by molar-refractivity contribution is 5.92. The summed E-state index contributed by atoms with van der Waals surface area (Å²) < 4.78 is 45.2. The summed E-state index contributed by atoms with van der Waals surface area (Å²) in [5, 5.41) is 6.92. The fourth-order valence-electron chi connectivity index (χ4n) is 2.57. The third-order valence-electron chi connectivity index (χ3n) is 3.80. The minimum absolute atomic E-state index is 0.222. The van der Waals surface area contributed by atoms with E-state index in [0.717, 1.165) is 12.1 Å². The van der Waals surface area contributed by atoms with Gasteiger partial charge < -0.3 is 10.1 Å². The number of aryl methyl sites for hydroxylation is 1. The number of ether oxygens (including phenoxy) is 1. The molecule has 24 heavy (non-hydrogen) atoms. The first-order valence-electron chi connectivity index (χ1n) is 7.47. The lowest BCUT2D eigenvalue weighted by atomic mass is 10.1. The minimum atomic E-state index is -4.44. The van der Waals surface area contributed by atoms with Gasteiger partial charge in [0.2, 0.25) is 5.91 Å². The van der Waals surface area contributed by atoms with Crippen molar-refractivity contribution in [2.24, 2.45) is 5.92 Å². The molecule has 3 rings (SSSR count). The Morgan fingerprint density at radius 2 is 2.17 bits per heavy atom. The minimum Gasteiger partial charge on any atom is -0.381 e. The van der Waals surface area contributed by atoms with Gasteiger partial charge in [0.1, 0.15) is 5.82 Å². The second-order valence-electron chi connectivity index (χ2n) is 5.68. The second kappa shape index (κ2) is 6.27. The van der Waals surface area contributed by atoms with Gasteiger partial charge in [-0.3, -0.25) is 4.79 Å². The summed E-state index contributed by atoms with van der Waals surface area (Å²) in [6, 6.07) is 6.43. The molecule has 128 valence electrons. The predicted molar refractivity (Wildman–Crippen MR) is 80.9 cm³/mol. The molecule has 1 saturated heterocycles. The fourth-order valence-corrected chi connectivity index (χ4v) is 2.57. The number of rotatable bonds is 3. The molecule has 1 aliphatic heterocycles. The molecule has 2 aromatic rings. The van der Waals surface area contributed by atoms with E-state index in [1.54, 1.807) is 13.0 Å². The van der Waals surface area contributed by atoms with Crippen LogP contribution in [0, 0.1) is 12.8 Å². The van der Waals surface area contributed by atoms with E-state index < -0.39 is 11.7 Å². The summed E-state index contributed by atoms with van der Waals surface area (Å²) in [5.74, 6) is -0.139. The van der Waals surface area contributed by atoms with Gasteiger partial charge in [-0.25, -0.2) is 4.68 Å². The quantitative estimate of drug-likeness (QED) is 0.934. The van der Waals surface area contributed by atoms with Crippen LogP contribution in [0.5, 0.6) is 0 Å². The van der Waals surface area contributed by atoms with Crippen molar-refractivity contribution in [3.8, 4) is 5.69 Å². The van der Waals surface area contributed by atoms with E-state index in [1.165, 1.54) is 16.8 Å². The van der Waals surface area contributed by atoms with Crippen molar-refractivity contribution in [1.82, 2.24) is 9.78 Å². The van der Waals surface area contributed by atoms with Crippen molar-refractivity contribution in [3.63, 3.8) is 0 Å². The van der Waals surface area contributed by atoms with Crippen LogP contribution in [0.3, 0.4) is 0 Å². The Morgan fingerprint density at radius 3 is 2.83 bits per heavy atom. The maximum Gasteiger partial charge on any atom is 0.416 e. The van der Waals surface area contributed by atoms with Crippen molar-refractivity contribution >= 4 is 11.7 Å². The molecule has 0 aliphatic carbocycles. The topological polar surface area (TPSA) is 56.1 Å². The van der Waals surface area contributed by atoms with Gasteiger partial charge in [0, 0.05) is 12.7 Å². The van der Waals surface area contributed by atoms with E-state index in [-0.39, 0.29) is 17.5 Å². The number of alkyl halides is 3. The Hall–Kier alpha value is -2.35. The van der Waals surface area contributed by atoms with Gasteiger partial charge in [-0.05, 0) is 31.5 Å². The van der Waals surface area contributed by atoms with Crippen molar-refractivity contribution in [3.05, 3.63) is 41.6 Å². The molecular formula is C16H16F3N3O2. The Bertz CT molecular complexity index is 749. The SMILES string of the molecule is Cc1cc(NC(=O)C2CCOC2)n(-c2cccc(C(F)(F)F)c2)n1. The van der Waals surface area contributed by atoms with Crippen molar-refractivity contribution in [2.45, 2.75) is 19.5 Å². The molecule has 1 N–H and O–H groups in total. The lowest BCUT2D eigenvalue weighted by molar-refractivity contribution is -0.137. The van der Waals surface area contributed by atoms with Gasteiger partial charge in [0.05, 0.1) is 29.5 Å². The molecule has 0 spiro atoms. The van der Waals surface area contributed by atoms with E-state index >= 15 is 0 Å². The fraction of sp³-hybridized carbons (Fsp3) is 0.375. The largest absolute Gasteiger partial charge is 0.416 e. The molecule has 1 aromatic heterocycles. The number of carbonyl (C=O) groups is 1. The Kier molecular flexibility index (Phi) is 4.31. The number of benzene rings is 1. The van der Waals surface area contributed by atoms with Crippen LogP contribution in [0.2, 0.25) is 0 Å². The molecule has 1 unspecified atom stereocenters. The summed E-state index contributed by atoms with van der Waals surface area (Å²) in [4.78, 5) is 12.2. The van der Waals surface area contributed by atoms with Crippen LogP contribution in [0.25, 0.3) is 5.69 Å². The van der Waals surface area contributed by atoms with Crippen molar-refractivity contribution in [2.75, 3.05) is 18.5 Å². The molecule has 1 fully saturated rings. The number of carbonyl (C=O) groups excluding carboxylic acids is 1. The monoisotopic (exact) mass is 339 g/mol. The highest BCUT2D eigenvalue weighted by atomic mass is 19.4. The molecule has 0 radical (unpaired) electrons. The maximum atomic E-state index is 12.9. The molecule has 5 nitrogen and oxygen atoms in total.